The molecular formula is C11H12ClN. The van der Waals surface area contributed by atoms with Crippen molar-refractivity contribution in [2.75, 3.05) is 12.4 Å². The van der Waals surface area contributed by atoms with Crippen LogP contribution in [-0.2, 0) is 6.42 Å². The molecule has 0 fully saturated rings. The maximum atomic E-state index is 5.44. The molecule has 1 nitrogen and oxygen atoms in total. The minimum absolute atomic E-state index is 0.380. The predicted octanol–water partition coefficient (Wildman–Crippen LogP) is 1.78. The van der Waals surface area contributed by atoms with Crippen molar-refractivity contribution in [1.82, 2.24) is 0 Å². The Morgan fingerprint density at radius 2 is 1.92 bits per heavy atom. The van der Waals surface area contributed by atoms with Crippen molar-refractivity contribution in [3.05, 3.63) is 35.4 Å². The zero-order valence-electron chi connectivity index (χ0n) is 7.39. The van der Waals surface area contributed by atoms with E-state index in [9.17, 15) is 0 Å². The van der Waals surface area contributed by atoms with E-state index in [4.69, 9.17) is 17.3 Å². The molecular weight excluding hydrogens is 182 g/mol. The second-order valence-electron chi connectivity index (χ2n) is 2.67. The van der Waals surface area contributed by atoms with Crippen LogP contribution in [0.25, 0.3) is 0 Å². The molecule has 0 saturated heterocycles. The van der Waals surface area contributed by atoms with Gasteiger partial charge in [0.05, 0.1) is 5.88 Å². The summed E-state index contributed by atoms with van der Waals surface area (Å²) in [6.45, 7) is 0.687. The standard InChI is InChI=1S/C11H12ClN/c12-8-1-2-10-3-5-11(6-4-10)7-9-13/h3-6H,7-9,13H2. The van der Waals surface area contributed by atoms with Gasteiger partial charge in [-0.05, 0) is 30.7 Å². The van der Waals surface area contributed by atoms with E-state index in [0.29, 0.717) is 12.4 Å². The monoisotopic (exact) mass is 193 g/mol. The molecule has 0 saturated carbocycles. The van der Waals surface area contributed by atoms with Crippen LogP contribution < -0.4 is 5.73 Å². The molecule has 0 spiro atoms. The molecule has 68 valence electrons. The van der Waals surface area contributed by atoms with E-state index in [1.807, 2.05) is 24.3 Å². The zero-order valence-corrected chi connectivity index (χ0v) is 8.14. The summed E-state index contributed by atoms with van der Waals surface area (Å²) in [5.74, 6) is 6.14. The lowest BCUT2D eigenvalue weighted by atomic mass is 10.1. The Balaban J connectivity index is 2.69. The second-order valence-corrected chi connectivity index (χ2v) is 2.94. The number of hydrogen-bond donors (Lipinski definition) is 1. The molecule has 2 heteroatoms. The number of halogens is 1. The molecule has 2 N–H and O–H groups in total. The molecule has 0 radical (unpaired) electrons. The fourth-order valence-corrected chi connectivity index (χ4v) is 1.12. The summed E-state index contributed by atoms with van der Waals surface area (Å²) in [4.78, 5) is 0. The van der Waals surface area contributed by atoms with E-state index >= 15 is 0 Å². The summed E-state index contributed by atoms with van der Waals surface area (Å²) in [5.41, 5.74) is 7.68. The highest BCUT2D eigenvalue weighted by Crippen LogP contribution is 2.03. The van der Waals surface area contributed by atoms with Gasteiger partial charge in [-0.3, -0.25) is 0 Å². The van der Waals surface area contributed by atoms with Gasteiger partial charge in [-0.25, -0.2) is 0 Å². The number of hydrogen-bond acceptors (Lipinski definition) is 1. The molecule has 0 bridgehead atoms. The van der Waals surface area contributed by atoms with Crippen molar-refractivity contribution >= 4 is 11.6 Å². The Morgan fingerprint density at radius 3 is 2.46 bits per heavy atom. The third kappa shape index (κ3) is 3.50. The lowest BCUT2D eigenvalue weighted by molar-refractivity contribution is 0.969. The fourth-order valence-electron chi connectivity index (χ4n) is 1.06. The summed E-state index contributed by atoms with van der Waals surface area (Å²) >= 11 is 5.44. The van der Waals surface area contributed by atoms with E-state index < -0.39 is 0 Å². The van der Waals surface area contributed by atoms with E-state index in [0.717, 1.165) is 12.0 Å². The number of alkyl halides is 1. The van der Waals surface area contributed by atoms with Gasteiger partial charge in [0.15, 0.2) is 0 Å². The van der Waals surface area contributed by atoms with Gasteiger partial charge >= 0.3 is 0 Å². The molecule has 0 aliphatic heterocycles. The molecule has 1 aromatic rings. The van der Waals surface area contributed by atoms with Crippen molar-refractivity contribution in [3.63, 3.8) is 0 Å². The smallest absolute Gasteiger partial charge is 0.0839 e. The van der Waals surface area contributed by atoms with Crippen LogP contribution in [0.15, 0.2) is 24.3 Å². The van der Waals surface area contributed by atoms with Gasteiger partial charge in [0.1, 0.15) is 0 Å². The minimum atomic E-state index is 0.380. The van der Waals surface area contributed by atoms with E-state index in [1.165, 1.54) is 5.56 Å². The number of rotatable bonds is 2. The van der Waals surface area contributed by atoms with Crippen molar-refractivity contribution in [1.29, 1.82) is 0 Å². The largest absolute Gasteiger partial charge is 0.330 e. The number of nitrogens with two attached hydrogens (primary N) is 1. The van der Waals surface area contributed by atoms with Crippen LogP contribution in [0, 0.1) is 11.8 Å². The first kappa shape index (κ1) is 10.1. The summed E-state index contributed by atoms with van der Waals surface area (Å²) in [6, 6.07) is 8.07. The molecule has 0 unspecified atom stereocenters. The van der Waals surface area contributed by atoms with Crippen LogP contribution in [0.1, 0.15) is 11.1 Å². The van der Waals surface area contributed by atoms with Crippen molar-refractivity contribution < 1.29 is 0 Å². The van der Waals surface area contributed by atoms with Crippen LogP contribution in [0.5, 0.6) is 0 Å². The topological polar surface area (TPSA) is 26.0 Å². The average molecular weight is 194 g/mol. The zero-order chi connectivity index (χ0) is 9.52. The molecule has 0 atom stereocenters. The van der Waals surface area contributed by atoms with Gasteiger partial charge in [-0.15, -0.1) is 11.6 Å². The summed E-state index contributed by atoms with van der Waals surface area (Å²) in [6.07, 6.45) is 0.920. The Hall–Kier alpha value is -0.970. The van der Waals surface area contributed by atoms with Gasteiger partial charge < -0.3 is 5.73 Å². The minimum Gasteiger partial charge on any atom is -0.330 e. The predicted molar refractivity (Wildman–Crippen MR) is 56.8 cm³/mol. The highest BCUT2D eigenvalue weighted by molar-refractivity contribution is 6.19. The maximum Gasteiger partial charge on any atom is 0.0839 e. The lowest BCUT2D eigenvalue weighted by Gasteiger charge is -1.97. The number of benzene rings is 1. The van der Waals surface area contributed by atoms with Gasteiger partial charge in [0.2, 0.25) is 0 Å². The average Bonchev–Trinajstić information content (AvgIpc) is 2.17. The van der Waals surface area contributed by atoms with Gasteiger partial charge in [-0.1, -0.05) is 24.0 Å². The summed E-state index contributed by atoms with van der Waals surface area (Å²) in [7, 11) is 0. The third-order valence-electron chi connectivity index (χ3n) is 1.69. The molecule has 0 aromatic heterocycles. The molecule has 0 amide bonds. The van der Waals surface area contributed by atoms with Crippen LogP contribution >= 0.6 is 11.6 Å². The highest BCUT2D eigenvalue weighted by Gasteiger charge is 1.90. The van der Waals surface area contributed by atoms with Gasteiger partial charge in [0.25, 0.3) is 0 Å². The first-order valence-electron chi connectivity index (χ1n) is 4.20. The van der Waals surface area contributed by atoms with Crippen molar-refractivity contribution in [2.45, 2.75) is 6.42 Å². The molecule has 0 aliphatic rings. The maximum absolute atomic E-state index is 5.44. The Labute approximate surface area is 83.9 Å². The molecule has 1 aromatic carbocycles. The van der Waals surface area contributed by atoms with Crippen LogP contribution in [-0.4, -0.2) is 12.4 Å². The van der Waals surface area contributed by atoms with E-state index in [2.05, 4.69) is 11.8 Å². The summed E-state index contributed by atoms with van der Waals surface area (Å²) in [5, 5.41) is 0. The van der Waals surface area contributed by atoms with Crippen LogP contribution in [0.2, 0.25) is 0 Å². The fraction of sp³-hybridized carbons (Fsp3) is 0.273. The first-order valence-corrected chi connectivity index (χ1v) is 4.74. The summed E-state index contributed by atoms with van der Waals surface area (Å²) < 4.78 is 0. The SMILES string of the molecule is NCCc1ccc(C#CCCl)cc1. The van der Waals surface area contributed by atoms with E-state index in [1.54, 1.807) is 0 Å². The van der Waals surface area contributed by atoms with Gasteiger partial charge in [-0.2, -0.15) is 0 Å². The van der Waals surface area contributed by atoms with E-state index in [-0.39, 0.29) is 0 Å². The Bertz CT molecular complexity index is 305. The third-order valence-corrected chi connectivity index (χ3v) is 1.82. The van der Waals surface area contributed by atoms with Crippen molar-refractivity contribution in [3.8, 4) is 11.8 Å². The van der Waals surface area contributed by atoms with Crippen LogP contribution in [0.4, 0.5) is 0 Å². The second kappa shape index (κ2) is 5.64. The molecule has 13 heavy (non-hydrogen) atoms. The van der Waals surface area contributed by atoms with Crippen LogP contribution in [0.3, 0.4) is 0 Å². The highest BCUT2D eigenvalue weighted by atomic mass is 35.5. The lowest BCUT2D eigenvalue weighted by Crippen LogP contribution is -2.02. The molecule has 0 heterocycles. The van der Waals surface area contributed by atoms with Gasteiger partial charge in [0, 0.05) is 5.56 Å². The quantitative estimate of drug-likeness (QED) is 0.563. The molecule has 0 aliphatic carbocycles. The first-order chi connectivity index (χ1) is 6.36. The van der Waals surface area contributed by atoms with Crippen molar-refractivity contribution in [2.24, 2.45) is 5.73 Å². The Morgan fingerprint density at radius 1 is 1.23 bits per heavy atom. The normalized spacial score (nSPS) is 9.08. The Kier molecular flexibility index (Phi) is 4.39. The molecule has 1 rings (SSSR count).